The van der Waals surface area contributed by atoms with Crippen LogP contribution in [0.25, 0.3) is 0 Å². The maximum atomic E-state index is 10.3. The molecule has 0 aliphatic carbocycles. The number of aryl methyl sites for hydroxylation is 1. The second kappa shape index (κ2) is 2.96. The van der Waals surface area contributed by atoms with Crippen molar-refractivity contribution in [2.45, 2.75) is 6.92 Å². The quantitative estimate of drug-likeness (QED) is 0.534. The maximum Gasteiger partial charge on any atom is 0.378 e. The number of hydrogen-bond acceptors (Lipinski definition) is 3. The van der Waals surface area contributed by atoms with Crippen molar-refractivity contribution in [1.29, 1.82) is 0 Å². The van der Waals surface area contributed by atoms with Gasteiger partial charge in [-0.3, -0.25) is 0 Å². The van der Waals surface area contributed by atoms with Gasteiger partial charge in [0.05, 0.1) is 0 Å². The Morgan fingerprint density at radius 1 is 1.64 bits per heavy atom. The van der Waals surface area contributed by atoms with Gasteiger partial charge in [0.1, 0.15) is 10.2 Å². The first-order chi connectivity index (χ1) is 5.11. The topological polar surface area (TPSA) is 56.0 Å². The number of hydrogen-bond donors (Lipinski definition) is 0. The van der Waals surface area contributed by atoms with E-state index in [2.05, 4.69) is 20.9 Å². The van der Waals surface area contributed by atoms with E-state index in [1.807, 2.05) is 0 Å². The molecule has 58 valence electrons. The Kier molecular flexibility index (Phi) is 2.19. The Morgan fingerprint density at radius 2 is 2.27 bits per heavy atom. The standard InChI is InChI=1S/C6H5BrN2O2/c1-4-2-3-5(7)6(8-4)9(10)11/h2-3H,1H3. The van der Waals surface area contributed by atoms with Crippen molar-refractivity contribution in [2.24, 2.45) is 0 Å². The van der Waals surface area contributed by atoms with Crippen LogP contribution in [0.3, 0.4) is 0 Å². The van der Waals surface area contributed by atoms with Gasteiger partial charge in [-0.15, -0.1) is 0 Å². The lowest BCUT2D eigenvalue weighted by Crippen LogP contribution is -1.94. The predicted octanol–water partition coefficient (Wildman–Crippen LogP) is 2.06. The molecule has 0 aromatic carbocycles. The lowest BCUT2D eigenvalue weighted by molar-refractivity contribution is -0.390. The van der Waals surface area contributed by atoms with Crippen molar-refractivity contribution in [1.82, 2.24) is 4.98 Å². The smallest absolute Gasteiger partial charge is 0.358 e. The van der Waals surface area contributed by atoms with Crippen molar-refractivity contribution in [3.63, 3.8) is 0 Å². The molecule has 0 N–H and O–H groups in total. The molecule has 0 radical (unpaired) electrons. The Morgan fingerprint density at radius 3 is 2.73 bits per heavy atom. The van der Waals surface area contributed by atoms with E-state index in [1.54, 1.807) is 19.1 Å². The van der Waals surface area contributed by atoms with E-state index in [-0.39, 0.29) is 5.82 Å². The van der Waals surface area contributed by atoms with Crippen LogP contribution in [0.4, 0.5) is 5.82 Å². The van der Waals surface area contributed by atoms with Crippen molar-refractivity contribution < 1.29 is 4.92 Å². The summed E-state index contributed by atoms with van der Waals surface area (Å²) in [4.78, 5) is 13.5. The fourth-order valence-corrected chi connectivity index (χ4v) is 1.02. The van der Waals surface area contributed by atoms with Gasteiger partial charge in [0.25, 0.3) is 0 Å². The van der Waals surface area contributed by atoms with Crippen LogP contribution >= 0.6 is 15.9 Å². The van der Waals surface area contributed by atoms with Crippen LogP contribution in [0.2, 0.25) is 0 Å². The van der Waals surface area contributed by atoms with E-state index in [4.69, 9.17) is 0 Å². The van der Waals surface area contributed by atoms with E-state index < -0.39 is 4.92 Å². The Balaban J connectivity index is 3.23. The number of rotatable bonds is 1. The van der Waals surface area contributed by atoms with Gasteiger partial charge < -0.3 is 10.1 Å². The third kappa shape index (κ3) is 1.74. The van der Waals surface area contributed by atoms with Crippen LogP contribution in [-0.2, 0) is 0 Å². The summed E-state index contributed by atoms with van der Waals surface area (Å²) in [5.74, 6) is -0.134. The minimum absolute atomic E-state index is 0.134. The van der Waals surface area contributed by atoms with Crippen LogP contribution in [0.5, 0.6) is 0 Å². The first kappa shape index (κ1) is 8.13. The number of pyridine rings is 1. The van der Waals surface area contributed by atoms with Gasteiger partial charge in [-0.1, -0.05) is 0 Å². The molecule has 0 atom stereocenters. The summed E-state index contributed by atoms with van der Waals surface area (Å²) in [5, 5.41) is 10.3. The summed E-state index contributed by atoms with van der Waals surface area (Å²) in [6, 6.07) is 3.32. The third-order valence-corrected chi connectivity index (χ3v) is 1.76. The first-order valence-corrected chi connectivity index (χ1v) is 3.68. The Hall–Kier alpha value is -0.970. The van der Waals surface area contributed by atoms with Gasteiger partial charge >= 0.3 is 5.82 Å². The van der Waals surface area contributed by atoms with E-state index in [1.165, 1.54) is 0 Å². The van der Waals surface area contributed by atoms with E-state index in [9.17, 15) is 10.1 Å². The van der Waals surface area contributed by atoms with Crippen LogP contribution in [0, 0.1) is 17.0 Å². The molecule has 0 unspecified atom stereocenters. The Bertz CT molecular complexity index is 301. The molecule has 1 aromatic rings. The van der Waals surface area contributed by atoms with Gasteiger partial charge in [0.15, 0.2) is 0 Å². The van der Waals surface area contributed by atoms with Gasteiger partial charge in [-0.2, -0.15) is 0 Å². The average molecular weight is 217 g/mol. The summed E-state index contributed by atoms with van der Waals surface area (Å²) in [5.41, 5.74) is 0.639. The van der Waals surface area contributed by atoms with Gasteiger partial charge in [-0.25, -0.2) is 0 Å². The third-order valence-electron chi connectivity index (χ3n) is 1.14. The lowest BCUT2D eigenvalue weighted by Gasteiger charge is -1.93. The van der Waals surface area contributed by atoms with Crippen LogP contribution in [0.1, 0.15) is 5.69 Å². The molecule has 11 heavy (non-hydrogen) atoms. The average Bonchev–Trinajstić information content (AvgIpc) is 1.94. The SMILES string of the molecule is Cc1ccc(Br)c([N+](=O)[O-])n1. The summed E-state index contributed by atoms with van der Waals surface area (Å²) in [7, 11) is 0. The van der Waals surface area contributed by atoms with Crippen molar-refractivity contribution in [2.75, 3.05) is 0 Å². The van der Waals surface area contributed by atoms with E-state index in [0.29, 0.717) is 10.2 Å². The van der Waals surface area contributed by atoms with Crippen molar-refractivity contribution >= 4 is 21.7 Å². The molecular formula is C6H5BrN2O2. The van der Waals surface area contributed by atoms with Crippen molar-refractivity contribution in [3.8, 4) is 0 Å². The minimum atomic E-state index is -0.517. The highest BCUT2D eigenvalue weighted by Crippen LogP contribution is 2.21. The summed E-state index contributed by atoms with van der Waals surface area (Å²) >= 11 is 3.03. The molecule has 1 aromatic heterocycles. The zero-order valence-electron chi connectivity index (χ0n) is 5.74. The zero-order valence-corrected chi connectivity index (χ0v) is 7.33. The first-order valence-electron chi connectivity index (χ1n) is 2.89. The predicted molar refractivity (Wildman–Crippen MR) is 43.3 cm³/mol. The van der Waals surface area contributed by atoms with E-state index in [0.717, 1.165) is 0 Å². The van der Waals surface area contributed by atoms with Crippen molar-refractivity contribution in [3.05, 3.63) is 32.4 Å². The molecule has 0 aliphatic rings. The molecule has 0 saturated carbocycles. The molecule has 4 nitrogen and oxygen atoms in total. The summed E-state index contributed by atoms with van der Waals surface area (Å²) < 4.78 is 0.410. The maximum absolute atomic E-state index is 10.3. The van der Waals surface area contributed by atoms with Crippen LogP contribution < -0.4 is 0 Å². The second-order valence-electron chi connectivity index (χ2n) is 2.02. The lowest BCUT2D eigenvalue weighted by atomic mass is 10.4. The molecule has 0 spiro atoms. The highest BCUT2D eigenvalue weighted by Gasteiger charge is 2.12. The summed E-state index contributed by atoms with van der Waals surface area (Å²) in [6.45, 7) is 1.71. The van der Waals surface area contributed by atoms with Crippen LogP contribution in [0.15, 0.2) is 16.6 Å². The highest BCUT2D eigenvalue weighted by molar-refractivity contribution is 9.10. The van der Waals surface area contributed by atoms with Gasteiger partial charge in [-0.05, 0) is 38.0 Å². The van der Waals surface area contributed by atoms with Gasteiger partial charge in [0, 0.05) is 6.92 Å². The molecule has 0 aliphatic heterocycles. The Labute approximate surface area is 71.5 Å². The number of nitrogens with zero attached hydrogens (tertiary/aromatic N) is 2. The fourth-order valence-electron chi connectivity index (χ4n) is 0.654. The molecule has 0 fully saturated rings. The monoisotopic (exact) mass is 216 g/mol. The zero-order chi connectivity index (χ0) is 8.43. The minimum Gasteiger partial charge on any atom is -0.358 e. The molecule has 1 rings (SSSR count). The molecule has 0 bridgehead atoms. The van der Waals surface area contributed by atoms with E-state index >= 15 is 0 Å². The fraction of sp³-hybridized carbons (Fsp3) is 0.167. The largest absolute Gasteiger partial charge is 0.378 e. The normalized spacial score (nSPS) is 9.64. The molecule has 5 heteroatoms. The van der Waals surface area contributed by atoms with Crippen LogP contribution in [-0.4, -0.2) is 9.91 Å². The van der Waals surface area contributed by atoms with Gasteiger partial charge in [0.2, 0.25) is 0 Å². The summed E-state index contributed by atoms with van der Waals surface area (Å²) in [6.07, 6.45) is 0. The molecule has 1 heterocycles. The molecule has 0 saturated heterocycles. The number of halogens is 1. The second-order valence-corrected chi connectivity index (χ2v) is 2.87. The molecule has 0 amide bonds. The number of nitro groups is 1. The molecular weight excluding hydrogens is 212 g/mol. The highest BCUT2D eigenvalue weighted by atomic mass is 79.9. The number of aromatic nitrogens is 1.